The van der Waals surface area contributed by atoms with Gasteiger partial charge in [-0.3, -0.25) is 0 Å². The van der Waals surface area contributed by atoms with Crippen LogP contribution in [-0.2, 0) is 10.9 Å². The van der Waals surface area contributed by atoms with E-state index in [9.17, 15) is 14.4 Å². The molecule has 3 rings (SSSR count). The Morgan fingerprint density at radius 3 is 0.857 bits per heavy atom. The van der Waals surface area contributed by atoms with Gasteiger partial charge in [0, 0.05) is 0 Å². The van der Waals surface area contributed by atoms with E-state index in [0.717, 1.165) is 14.7 Å². The Morgan fingerprint density at radius 2 is 0.679 bits per heavy atom. The molecule has 28 heavy (non-hydrogen) atoms. The van der Waals surface area contributed by atoms with Crippen molar-refractivity contribution in [3.05, 3.63) is 89.5 Å². The minimum absolute atomic E-state index is 0.162. The Hall–Kier alpha value is -3.58. The Bertz CT molecular complexity index is 887. The van der Waals surface area contributed by atoms with Gasteiger partial charge in [-0.25, -0.2) is 14.4 Å². The smallest absolute Gasteiger partial charge is 0.335 e. The summed E-state index contributed by atoms with van der Waals surface area (Å²) >= 11 is 0. The van der Waals surface area contributed by atoms with Crippen molar-refractivity contribution < 1.29 is 29.7 Å². The van der Waals surface area contributed by atoms with Crippen LogP contribution in [0.3, 0.4) is 0 Å². The fourth-order valence-electron chi connectivity index (χ4n) is 2.61. The molecule has 3 N–H and O–H groups in total. The Labute approximate surface area is 163 Å². The van der Waals surface area contributed by atoms with E-state index in [1.165, 1.54) is 36.4 Å². The van der Waals surface area contributed by atoms with Crippen LogP contribution in [0.25, 0.3) is 0 Å². The number of hydrogen-bond donors (Lipinski definition) is 3. The minimum atomic E-state index is -1.02. The molecule has 0 saturated carbocycles. The van der Waals surface area contributed by atoms with Gasteiger partial charge < -0.3 is 15.3 Å². The number of carbonyl (C=O) groups is 3. The average molecular weight is 395 g/mol. The fourth-order valence-corrected chi connectivity index (χ4v) is 4.65. The molecule has 0 aliphatic rings. The van der Waals surface area contributed by atoms with Gasteiger partial charge in [-0.1, -0.05) is 0 Å². The second-order valence-electron chi connectivity index (χ2n) is 5.79. The summed E-state index contributed by atoms with van der Waals surface area (Å²) in [5, 5.41) is 27.3. The molecule has 0 amide bonds. The lowest BCUT2D eigenvalue weighted by Gasteiger charge is -2.09. The molecule has 0 saturated heterocycles. The van der Waals surface area contributed by atoms with E-state index in [1.54, 1.807) is 36.4 Å². The molecular formula is C21H15O6S+. The SMILES string of the molecule is O=C(O)c1ccc([S+](c2ccc(C(=O)O)cc2)c2ccc(C(=O)O)cc2)cc1. The predicted octanol–water partition coefficient (Wildman–Crippen LogP) is 3.88. The summed E-state index contributed by atoms with van der Waals surface area (Å²) in [4.78, 5) is 35.8. The minimum Gasteiger partial charge on any atom is -0.478 e. The molecule has 0 atom stereocenters. The number of carboxylic acid groups (broad SMARTS) is 3. The van der Waals surface area contributed by atoms with Crippen molar-refractivity contribution in [3.63, 3.8) is 0 Å². The summed E-state index contributed by atoms with van der Waals surface area (Å²) in [5.41, 5.74) is 0.485. The second-order valence-corrected chi connectivity index (χ2v) is 7.82. The molecule has 0 fully saturated rings. The highest BCUT2D eigenvalue weighted by molar-refractivity contribution is 7.97. The number of hydrogen-bond acceptors (Lipinski definition) is 3. The lowest BCUT2D eigenvalue weighted by molar-refractivity contribution is 0.0686. The fraction of sp³-hybridized carbons (Fsp3) is 0. The molecule has 6 nitrogen and oxygen atoms in total. The summed E-state index contributed by atoms with van der Waals surface area (Å²) in [6.45, 7) is 0. The van der Waals surface area contributed by atoms with E-state index in [-0.39, 0.29) is 16.7 Å². The third kappa shape index (κ3) is 4.05. The van der Waals surface area contributed by atoms with Crippen LogP contribution in [0.15, 0.2) is 87.5 Å². The quantitative estimate of drug-likeness (QED) is 0.546. The van der Waals surface area contributed by atoms with E-state index in [2.05, 4.69) is 0 Å². The zero-order valence-corrected chi connectivity index (χ0v) is 15.2. The van der Waals surface area contributed by atoms with Gasteiger partial charge >= 0.3 is 17.9 Å². The summed E-state index contributed by atoms with van der Waals surface area (Å²) in [7, 11) is -0.658. The van der Waals surface area contributed by atoms with Crippen molar-refractivity contribution in [2.45, 2.75) is 14.7 Å². The van der Waals surface area contributed by atoms with Crippen LogP contribution in [0.2, 0.25) is 0 Å². The standard InChI is InChI=1S/C21H14O6S/c22-19(23)13-1-7-16(8-2-13)28(17-9-3-14(4-10-17)20(24)25)18-11-5-15(6-12-18)21(26)27/h1-12H,(H2-,22,23,24,25,26,27)/p+1. The van der Waals surface area contributed by atoms with Gasteiger partial charge in [-0.05, 0) is 72.8 Å². The monoisotopic (exact) mass is 395 g/mol. The van der Waals surface area contributed by atoms with Crippen molar-refractivity contribution in [2.24, 2.45) is 0 Å². The first kappa shape index (κ1) is 19.2. The van der Waals surface area contributed by atoms with Crippen LogP contribution in [0.4, 0.5) is 0 Å². The maximum Gasteiger partial charge on any atom is 0.335 e. The predicted molar refractivity (Wildman–Crippen MR) is 102 cm³/mol. The summed E-state index contributed by atoms with van der Waals surface area (Å²) in [5.74, 6) is -3.07. The molecule has 0 spiro atoms. The topological polar surface area (TPSA) is 112 Å². The molecule has 0 aromatic heterocycles. The maximum atomic E-state index is 11.1. The van der Waals surface area contributed by atoms with Gasteiger partial charge in [0.1, 0.15) is 0 Å². The zero-order valence-electron chi connectivity index (χ0n) is 14.4. The van der Waals surface area contributed by atoms with Crippen LogP contribution in [0.1, 0.15) is 31.1 Å². The molecule has 0 bridgehead atoms. The van der Waals surface area contributed by atoms with Gasteiger partial charge in [0.15, 0.2) is 14.7 Å². The molecule has 3 aromatic carbocycles. The van der Waals surface area contributed by atoms with Crippen molar-refractivity contribution in [1.82, 2.24) is 0 Å². The lowest BCUT2D eigenvalue weighted by atomic mass is 10.2. The van der Waals surface area contributed by atoms with E-state index in [0.29, 0.717) is 0 Å². The molecule has 0 aliphatic carbocycles. The largest absolute Gasteiger partial charge is 0.478 e. The van der Waals surface area contributed by atoms with Gasteiger partial charge in [0.05, 0.1) is 27.6 Å². The molecule has 140 valence electrons. The van der Waals surface area contributed by atoms with E-state index in [4.69, 9.17) is 15.3 Å². The van der Waals surface area contributed by atoms with Crippen LogP contribution in [-0.4, -0.2) is 33.2 Å². The number of rotatable bonds is 6. The highest BCUT2D eigenvalue weighted by atomic mass is 32.2. The first-order valence-electron chi connectivity index (χ1n) is 8.11. The molecule has 0 unspecified atom stereocenters. The third-order valence-corrected chi connectivity index (χ3v) is 6.24. The Morgan fingerprint density at radius 1 is 0.464 bits per heavy atom. The summed E-state index contributed by atoms with van der Waals surface area (Å²) < 4.78 is 0. The van der Waals surface area contributed by atoms with Crippen molar-refractivity contribution in [3.8, 4) is 0 Å². The second kappa shape index (κ2) is 7.98. The highest BCUT2D eigenvalue weighted by Gasteiger charge is 2.29. The average Bonchev–Trinajstić information content (AvgIpc) is 2.69. The van der Waals surface area contributed by atoms with Crippen LogP contribution in [0, 0.1) is 0 Å². The Balaban J connectivity index is 2.08. The van der Waals surface area contributed by atoms with Gasteiger partial charge in [-0.15, -0.1) is 0 Å². The molecule has 7 heteroatoms. The van der Waals surface area contributed by atoms with Gasteiger partial charge in [0.2, 0.25) is 0 Å². The van der Waals surface area contributed by atoms with Crippen LogP contribution >= 0.6 is 0 Å². The first-order chi connectivity index (χ1) is 13.4. The molecule has 0 heterocycles. The van der Waals surface area contributed by atoms with Crippen LogP contribution < -0.4 is 0 Å². The first-order valence-corrected chi connectivity index (χ1v) is 9.33. The number of aromatic carboxylic acids is 3. The van der Waals surface area contributed by atoms with E-state index >= 15 is 0 Å². The third-order valence-electron chi connectivity index (χ3n) is 4.01. The maximum absolute atomic E-state index is 11.1. The lowest BCUT2D eigenvalue weighted by Crippen LogP contribution is -2.07. The van der Waals surface area contributed by atoms with E-state index in [1.807, 2.05) is 0 Å². The van der Waals surface area contributed by atoms with Crippen molar-refractivity contribution in [1.29, 1.82) is 0 Å². The molecule has 3 aromatic rings. The normalized spacial score (nSPS) is 10.6. The zero-order chi connectivity index (χ0) is 20.3. The van der Waals surface area contributed by atoms with Crippen molar-refractivity contribution >= 4 is 28.8 Å². The van der Waals surface area contributed by atoms with Crippen LogP contribution in [0.5, 0.6) is 0 Å². The highest BCUT2D eigenvalue weighted by Crippen LogP contribution is 2.31. The number of benzene rings is 3. The van der Waals surface area contributed by atoms with Gasteiger partial charge in [0.25, 0.3) is 0 Å². The Kier molecular flexibility index (Phi) is 5.47. The van der Waals surface area contributed by atoms with E-state index < -0.39 is 28.8 Å². The molecular weight excluding hydrogens is 380 g/mol. The number of carboxylic acids is 3. The summed E-state index contributed by atoms with van der Waals surface area (Å²) in [6, 6.07) is 19.3. The van der Waals surface area contributed by atoms with Crippen molar-refractivity contribution in [2.75, 3.05) is 0 Å². The van der Waals surface area contributed by atoms with Gasteiger partial charge in [-0.2, -0.15) is 0 Å². The summed E-state index contributed by atoms with van der Waals surface area (Å²) in [6.07, 6.45) is 0. The molecule has 0 aliphatic heterocycles. The molecule has 0 radical (unpaired) electrons.